The minimum absolute atomic E-state index is 0.581. The number of rotatable bonds is 3. The Morgan fingerprint density at radius 3 is 2.80 bits per heavy atom. The highest BCUT2D eigenvalue weighted by atomic mass is 14.6. The first kappa shape index (κ1) is 12.9. The maximum absolute atomic E-state index is 6.00. The van der Waals surface area contributed by atoms with E-state index in [-0.39, 0.29) is 0 Å². The normalized spacial score (nSPS) is 16.7. The first-order valence-electron chi connectivity index (χ1n) is 7.25. The lowest BCUT2D eigenvalue weighted by Crippen LogP contribution is -2.07. The molecule has 2 heteroatoms. The monoisotopic (exact) mass is 264 g/mol. The fourth-order valence-corrected chi connectivity index (χ4v) is 3.07. The zero-order valence-corrected chi connectivity index (χ0v) is 11.7. The Labute approximate surface area is 120 Å². The molecule has 2 nitrogen and oxygen atoms in total. The van der Waals surface area contributed by atoms with Crippen molar-refractivity contribution in [3.8, 4) is 0 Å². The molecule has 1 aromatic carbocycles. The van der Waals surface area contributed by atoms with Crippen LogP contribution >= 0.6 is 0 Å². The van der Waals surface area contributed by atoms with E-state index in [1.165, 1.54) is 36.8 Å². The molecule has 3 rings (SSSR count). The molecule has 1 aliphatic carbocycles. The summed E-state index contributed by atoms with van der Waals surface area (Å²) in [7, 11) is 0. The molecular formula is C18H20N2. The molecule has 2 N–H and O–H groups in total. The Kier molecular flexibility index (Phi) is 3.55. The molecule has 1 saturated carbocycles. The molecule has 0 amide bonds. The van der Waals surface area contributed by atoms with E-state index in [0.717, 1.165) is 10.9 Å². The number of nitrogens with two attached hydrogens (primary N) is 1. The van der Waals surface area contributed by atoms with Crippen LogP contribution in [-0.4, -0.2) is 4.98 Å². The molecule has 0 bridgehead atoms. The average molecular weight is 264 g/mol. The highest BCUT2D eigenvalue weighted by Crippen LogP contribution is 2.34. The number of aromatic nitrogens is 1. The summed E-state index contributed by atoms with van der Waals surface area (Å²) in [6, 6.07) is 10.4. The third kappa shape index (κ3) is 2.60. The lowest BCUT2D eigenvalue weighted by atomic mass is 9.93. The van der Waals surface area contributed by atoms with Gasteiger partial charge in [0.1, 0.15) is 0 Å². The Bertz CT molecular complexity index is 664. The maximum atomic E-state index is 6.00. The van der Waals surface area contributed by atoms with Crippen LogP contribution < -0.4 is 5.73 Å². The Morgan fingerprint density at radius 1 is 1.25 bits per heavy atom. The number of pyridine rings is 1. The van der Waals surface area contributed by atoms with E-state index in [9.17, 15) is 0 Å². The van der Waals surface area contributed by atoms with Gasteiger partial charge < -0.3 is 5.73 Å². The molecule has 20 heavy (non-hydrogen) atoms. The van der Waals surface area contributed by atoms with Crippen LogP contribution in [0.2, 0.25) is 0 Å². The zero-order chi connectivity index (χ0) is 13.9. The van der Waals surface area contributed by atoms with Crippen LogP contribution in [0.3, 0.4) is 0 Å². The quantitative estimate of drug-likeness (QED) is 0.840. The van der Waals surface area contributed by atoms with Crippen molar-refractivity contribution in [2.24, 2.45) is 11.7 Å². The molecule has 0 spiro atoms. The van der Waals surface area contributed by atoms with E-state index in [4.69, 9.17) is 5.73 Å². The van der Waals surface area contributed by atoms with Crippen molar-refractivity contribution in [2.75, 3.05) is 0 Å². The largest absolute Gasteiger partial charge is 0.399 e. The number of benzene rings is 1. The highest BCUT2D eigenvalue weighted by Gasteiger charge is 2.20. The number of fused-ring (bicyclic) bond motifs is 1. The Hall–Kier alpha value is -2.09. The van der Waals surface area contributed by atoms with Gasteiger partial charge in [0.2, 0.25) is 0 Å². The van der Waals surface area contributed by atoms with Crippen LogP contribution in [0.25, 0.3) is 17.0 Å². The Balaban J connectivity index is 1.99. The molecule has 0 saturated heterocycles. The predicted octanol–water partition coefficient (Wildman–Crippen LogP) is 4.28. The van der Waals surface area contributed by atoms with E-state index >= 15 is 0 Å². The summed E-state index contributed by atoms with van der Waals surface area (Å²) < 4.78 is 0. The van der Waals surface area contributed by atoms with Crippen LogP contribution in [0.4, 0.5) is 0 Å². The lowest BCUT2D eigenvalue weighted by Gasteiger charge is -2.14. The van der Waals surface area contributed by atoms with E-state index in [1.807, 2.05) is 12.3 Å². The van der Waals surface area contributed by atoms with Crippen LogP contribution in [0.1, 0.15) is 31.2 Å². The van der Waals surface area contributed by atoms with Gasteiger partial charge in [0, 0.05) is 17.3 Å². The summed E-state index contributed by atoms with van der Waals surface area (Å²) in [5.41, 5.74) is 10.1. The molecule has 1 heterocycles. The maximum Gasteiger partial charge on any atom is 0.0702 e. The van der Waals surface area contributed by atoms with Crippen molar-refractivity contribution >= 4 is 17.0 Å². The molecular weight excluding hydrogens is 244 g/mol. The molecule has 0 atom stereocenters. The van der Waals surface area contributed by atoms with E-state index < -0.39 is 0 Å². The SMILES string of the molecule is C=C(N)/C(=C/c1ccc2ncccc2c1)C1CCCC1. The van der Waals surface area contributed by atoms with Gasteiger partial charge in [-0.05, 0) is 54.2 Å². The standard InChI is InChI=1S/C18H20N2/c1-13(19)17(15-5-2-3-6-15)12-14-8-9-18-16(11-14)7-4-10-20-18/h4,7-12,15H,1-3,5-6,19H2/b17-12-. The van der Waals surface area contributed by atoms with Gasteiger partial charge in [-0.1, -0.05) is 31.6 Å². The van der Waals surface area contributed by atoms with Gasteiger partial charge in [-0.2, -0.15) is 0 Å². The third-order valence-corrected chi connectivity index (χ3v) is 4.12. The number of hydrogen-bond donors (Lipinski definition) is 1. The second-order valence-corrected chi connectivity index (χ2v) is 5.56. The minimum Gasteiger partial charge on any atom is -0.399 e. The smallest absolute Gasteiger partial charge is 0.0702 e. The summed E-state index contributed by atoms with van der Waals surface area (Å²) in [4.78, 5) is 4.35. The molecule has 1 fully saturated rings. The second kappa shape index (κ2) is 5.49. The van der Waals surface area contributed by atoms with Gasteiger partial charge in [0.15, 0.2) is 0 Å². The number of hydrogen-bond acceptors (Lipinski definition) is 2. The molecule has 1 aliphatic rings. The van der Waals surface area contributed by atoms with Crippen molar-refractivity contribution in [3.63, 3.8) is 0 Å². The van der Waals surface area contributed by atoms with Crippen molar-refractivity contribution < 1.29 is 0 Å². The molecule has 0 aliphatic heterocycles. The topological polar surface area (TPSA) is 38.9 Å². The third-order valence-electron chi connectivity index (χ3n) is 4.12. The first-order chi connectivity index (χ1) is 9.74. The molecule has 2 aromatic rings. The van der Waals surface area contributed by atoms with Crippen molar-refractivity contribution in [1.29, 1.82) is 0 Å². The Morgan fingerprint density at radius 2 is 2.05 bits per heavy atom. The predicted molar refractivity (Wildman–Crippen MR) is 85.0 cm³/mol. The highest BCUT2D eigenvalue weighted by molar-refractivity contribution is 5.81. The average Bonchev–Trinajstić information content (AvgIpc) is 2.98. The summed E-state index contributed by atoms with van der Waals surface area (Å²) in [5, 5.41) is 1.16. The number of nitrogens with zero attached hydrogens (tertiary/aromatic N) is 1. The van der Waals surface area contributed by atoms with Gasteiger partial charge >= 0.3 is 0 Å². The van der Waals surface area contributed by atoms with Crippen molar-refractivity contribution in [2.45, 2.75) is 25.7 Å². The summed E-state index contributed by atoms with van der Waals surface area (Å²) >= 11 is 0. The summed E-state index contributed by atoms with van der Waals surface area (Å²) in [5.74, 6) is 0.581. The zero-order valence-electron chi connectivity index (χ0n) is 11.7. The van der Waals surface area contributed by atoms with E-state index in [2.05, 4.69) is 41.9 Å². The van der Waals surface area contributed by atoms with Gasteiger partial charge in [0.05, 0.1) is 5.52 Å². The number of allylic oxidation sites excluding steroid dienone is 1. The van der Waals surface area contributed by atoms with Crippen LogP contribution in [-0.2, 0) is 0 Å². The molecule has 0 unspecified atom stereocenters. The van der Waals surface area contributed by atoms with Crippen LogP contribution in [0, 0.1) is 5.92 Å². The summed E-state index contributed by atoms with van der Waals surface area (Å²) in [6.07, 6.45) is 9.09. The second-order valence-electron chi connectivity index (χ2n) is 5.56. The minimum atomic E-state index is 0.581. The summed E-state index contributed by atoms with van der Waals surface area (Å²) in [6.45, 7) is 3.96. The molecule has 102 valence electrons. The van der Waals surface area contributed by atoms with Gasteiger partial charge in [-0.25, -0.2) is 0 Å². The first-order valence-corrected chi connectivity index (χ1v) is 7.25. The fraction of sp³-hybridized carbons (Fsp3) is 0.278. The van der Waals surface area contributed by atoms with Crippen molar-refractivity contribution in [1.82, 2.24) is 4.98 Å². The molecule has 0 radical (unpaired) electrons. The van der Waals surface area contributed by atoms with Crippen LogP contribution in [0.5, 0.6) is 0 Å². The van der Waals surface area contributed by atoms with Gasteiger partial charge in [0.25, 0.3) is 0 Å². The van der Waals surface area contributed by atoms with E-state index in [0.29, 0.717) is 11.6 Å². The fourth-order valence-electron chi connectivity index (χ4n) is 3.07. The van der Waals surface area contributed by atoms with E-state index in [1.54, 1.807) is 0 Å². The van der Waals surface area contributed by atoms with Gasteiger partial charge in [-0.15, -0.1) is 0 Å². The lowest BCUT2D eigenvalue weighted by molar-refractivity contribution is 0.652. The van der Waals surface area contributed by atoms with Gasteiger partial charge in [-0.3, -0.25) is 4.98 Å². The van der Waals surface area contributed by atoms with Crippen LogP contribution in [0.15, 0.2) is 54.4 Å². The van der Waals surface area contributed by atoms with Crippen molar-refractivity contribution in [3.05, 3.63) is 59.9 Å². The molecule has 1 aromatic heterocycles.